The lowest BCUT2D eigenvalue weighted by Gasteiger charge is -2.45. The summed E-state index contributed by atoms with van der Waals surface area (Å²) in [6.45, 7) is 0.458. The number of rotatable bonds is 2. The minimum Gasteiger partial charge on any atom is -0.382 e. The maximum atomic E-state index is 12.6. The van der Waals surface area contributed by atoms with E-state index in [9.17, 15) is 18.3 Å². The average molecular weight is 307 g/mol. The Hall–Kier alpha value is -2.33. The number of halogens is 3. The molecular formula is C15H12F3N3O. The van der Waals surface area contributed by atoms with Crippen LogP contribution in [0.25, 0.3) is 10.8 Å². The third-order valence-electron chi connectivity index (χ3n) is 3.95. The number of aliphatic hydroxyl groups excluding tert-OH is 1. The van der Waals surface area contributed by atoms with Crippen molar-refractivity contribution in [2.45, 2.75) is 24.7 Å². The highest BCUT2D eigenvalue weighted by Crippen LogP contribution is 2.35. The second-order valence-electron chi connectivity index (χ2n) is 5.21. The Morgan fingerprint density at radius 3 is 2.73 bits per heavy atom. The largest absolute Gasteiger partial charge is 0.416 e. The van der Waals surface area contributed by atoms with Crippen LogP contribution in [-0.4, -0.2) is 35.0 Å². The maximum Gasteiger partial charge on any atom is 0.416 e. The Balaban J connectivity index is 1.93. The first kappa shape index (κ1) is 14.6. The first-order valence-corrected chi connectivity index (χ1v) is 6.72. The van der Waals surface area contributed by atoms with E-state index in [-0.39, 0.29) is 5.69 Å². The van der Waals surface area contributed by atoms with Gasteiger partial charge in [-0.15, -0.1) is 0 Å². The van der Waals surface area contributed by atoms with Crippen LogP contribution in [0.5, 0.6) is 0 Å². The van der Waals surface area contributed by atoms with Crippen molar-refractivity contribution >= 4 is 16.5 Å². The number of hydrogen-bond donors (Lipinski definition) is 1. The van der Waals surface area contributed by atoms with E-state index in [0.29, 0.717) is 24.0 Å². The molecule has 4 nitrogen and oxygen atoms in total. The number of hydrogen-bond acceptors (Lipinski definition) is 4. The van der Waals surface area contributed by atoms with Crippen molar-refractivity contribution in [3.05, 3.63) is 36.2 Å². The third-order valence-corrected chi connectivity index (χ3v) is 3.95. The van der Waals surface area contributed by atoms with Crippen molar-refractivity contribution in [2.24, 2.45) is 0 Å². The molecule has 114 valence electrons. The summed E-state index contributed by atoms with van der Waals surface area (Å²) in [4.78, 5) is 5.48. The number of anilines is 1. The molecule has 1 fully saturated rings. The minimum absolute atomic E-state index is 0.277. The van der Waals surface area contributed by atoms with Crippen molar-refractivity contribution in [1.29, 1.82) is 5.26 Å². The Kier molecular flexibility index (Phi) is 3.41. The summed E-state index contributed by atoms with van der Waals surface area (Å²) >= 11 is 0. The zero-order valence-electron chi connectivity index (χ0n) is 11.4. The Labute approximate surface area is 124 Å². The zero-order valence-corrected chi connectivity index (χ0v) is 11.4. The second kappa shape index (κ2) is 5.14. The van der Waals surface area contributed by atoms with Gasteiger partial charge in [0.05, 0.1) is 6.04 Å². The van der Waals surface area contributed by atoms with Gasteiger partial charge in [0.15, 0.2) is 6.10 Å². The van der Waals surface area contributed by atoms with Crippen LogP contribution < -0.4 is 4.90 Å². The van der Waals surface area contributed by atoms with E-state index in [1.807, 2.05) is 6.07 Å². The molecule has 0 radical (unpaired) electrons. The molecule has 2 heterocycles. The molecule has 1 N–H and O–H groups in total. The molecule has 2 atom stereocenters. The Morgan fingerprint density at radius 2 is 2.14 bits per heavy atom. The van der Waals surface area contributed by atoms with Crippen LogP contribution in [0.1, 0.15) is 12.1 Å². The fourth-order valence-corrected chi connectivity index (χ4v) is 2.71. The second-order valence-corrected chi connectivity index (χ2v) is 5.21. The average Bonchev–Trinajstić information content (AvgIpc) is 2.44. The van der Waals surface area contributed by atoms with Crippen molar-refractivity contribution in [2.75, 3.05) is 11.4 Å². The summed E-state index contributed by atoms with van der Waals surface area (Å²) in [6.07, 6.45) is -5.21. The molecule has 1 aromatic heterocycles. The van der Waals surface area contributed by atoms with Gasteiger partial charge in [-0.1, -0.05) is 0 Å². The number of nitrogens with zero attached hydrogens (tertiary/aromatic N) is 3. The minimum atomic E-state index is -4.63. The van der Waals surface area contributed by atoms with Crippen molar-refractivity contribution in [3.63, 3.8) is 0 Å². The van der Waals surface area contributed by atoms with Gasteiger partial charge >= 0.3 is 6.18 Å². The Bertz CT molecular complexity index is 754. The van der Waals surface area contributed by atoms with Gasteiger partial charge in [0, 0.05) is 23.8 Å². The van der Waals surface area contributed by atoms with Crippen LogP contribution in [-0.2, 0) is 0 Å². The standard InChI is InChI=1S/C15H12F3N3O/c16-15(17,18)14(22)13-4-6-21(13)10-1-2-11-9(7-10)3-5-20-12(11)8-19/h1-3,5,7,13-14,22H,4,6H2. The molecule has 0 saturated carbocycles. The molecule has 1 aliphatic rings. The van der Waals surface area contributed by atoms with Crippen LogP contribution in [0.15, 0.2) is 30.5 Å². The van der Waals surface area contributed by atoms with E-state index >= 15 is 0 Å². The van der Waals surface area contributed by atoms with Crippen LogP contribution in [0.3, 0.4) is 0 Å². The van der Waals surface area contributed by atoms with Crippen molar-refractivity contribution in [1.82, 2.24) is 4.98 Å². The van der Waals surface area contributed by atoms with Crippen LogP contribution >= 0.6 is 0 Å². The zero-order chi connectivity index (χ0) is 15.9. The van der Waals surface area contributed by atoms with Gasteiger partial charge in [-0.2, -0.15) is 18.4 Å². The SMILES string of the molecule is N#Cc1nccc2cc(N3CCC3C(O)C(F)(F)F)ccc12. The number of benzene rings is 1. The highest BCUT2D eigenvalue weighted by molar-refractivity contribution is 5.89. The molecule has 2 unspecified atom stereocenters. The summed E-state index contributed by atoms with van der Waals surface area (Å²) in [6, 6.07) is 7.76. The number of aromatic nitrogens is 1. The van der Waals surface area contributed by atoms with Crippen molar-refractivity contribution < 1.29 is 18.3 Å². The first-order chi connectivity index (χ1) is 10.4. The quantitative estimate of drug-likeness (QED) is 0.926. The van der Waals surface area contributed by atoms with Gasteiger partial charge in [-0.25, -0.2) is 4.98 Å². The number of aliphatic hydroxyl groups is 1. The van der Waals surface area contributed by atoms with Gasteiger partial charge in [0.25, 0.3) is 0 Å². The van der Waals surface area contributed by atoms with Crippen LogP contribution in [0.4, 0.5) is 18.9 Å². The summed E-state index contributed by atoms with van der Waals surface area (Å²) in [5.74, 6) is 0. The molecular weight excluding hydrogens is 295 g/mol. The van der Waals surface area contributed by atoms with E-state index in [4.69, 9.17) is 5.26 Å². The van der Waals surface area contributed by atoms with E-state index in [0.717, 1.165) is 5.39 Å². The molecule has 2 aromatic rings. The third kappa shape index (κ3) is 2.35. The molecule has 22 heavy (non-hydrogen) atoms. The fourth-order valence-electron chi connectivity index (χ4n) is 2.71. The normalized spacial score (nSPS) is 19.6. The molecule has 1 saturated heterocycles. The summed E-state index contributed by atoms with van der Waals surface area (Å²) in [5, 5.41) is 19.8. The number of nitriles is 1. The smallest absolute Gasteiger partial charge is 0.382 e. The molecule has 3 rings (SSSR count). The summed E-state index contributed by atoms with van der Waals surface area (Å²) in [5.41, 5.74) is 0.877. The number of pyridine rings is 1. The molecule has 0 aliphatic carbocycles. The highest BCUT2D eigenvalue weighted by Gasteiger charge is 2.48. The van der Waals surface area contributed by atoms with Crippen LogP contribution in [0.2, 0.25) is 0 Å². The topological polar surface area (TPSA) is 60.2 Å². The molecule has 7 heteroatoms. The van der Waals surface area contributed by atoms with E-state index in [1.54, 1.807) is 24.3 Å². The summed E-state index contributed by atoms with van der Waals surface area (Å²) in [7, 11) is 0. The first-order valence-electron chi connectivity index (χ1n) is 6.72. The molecule has 1 aliphatic heterocycles. The predicted octanol–water partition coefficient (Wildman–Crippen LogP) is 2.61. The molecule has 0 amide bonds. The summed E-state index contributed by atoms with van der Waals surface area (Å²) < 4.78 is 37.9. The van der Waals surface area contributed by atoms with Gasteiger partial charge in [0.1, 0.15) is 11.8 Å². The van der Waals surface area contributed by atoms with Gasteiger partial charge in [-0.3, -0.25) is 0 Å². The number of alkyl halides is 3. The molecule has 0 bridgehead atoms. The van der Waals surface area contributed by atoms with Crippen molar-refractivity contribution in [3.8, 4) is 6.07 Å². The molecule has 0 spiro atoms. The monoisotopic (exact) mass is 307 g/mol. The van der Waals surface area contributed by atoms with Gasteiger partial charge in [0.2, 0.25) is 0 Å². The number of fused-ring (bicyclic) bond motifs is 1. The molecule has 1 aromatic carbocycles. The van der Waals surface area contributed by atoms with E-state index in [1.165, 1.54) is 11.1 Å². The highest BCUT2D eigenvalue weighted by atomic mass is 19.4. The fraction of sp³-hybridized carbons (Fsp3) is 0.333. The lowest BCUT2D eigenvalue weighted by molar-refractivity contribution is -0.213. The maximum absolute atomic E-state index is 12.6. The lowest BCUT2D eigenvalue weighted by Crippen LogP contribution is -2.58. The van der Waals surface area contributed by atoms with Gasteiger partial charge in [-0.05, 0) is 36.1 Å². The van der Waals surface area contributed by atoms with Gasteiger partial charge < -0.3 is 10.0 Å². The Morgan fingerprint density at radius 1 is 1.36 bits per heavy atom. The van der Waals surface area contributed by atoms with E-state index in [2.05, 4.69) is 4.98 Å². The lowest BCUT2D eigenvalue weighted by atomic mass is 9.95. The van der Waals surface area contributed by atoms with Crippen LogP contribution in [0, 0.1) is 11.3 Å². The van der Waals surface area contributed by atoms with E-state index < -0.39 is 18.3 Å². The predicted molar refractivity (Wildman–Crippen MR) is 74.3 cm³/mol.